The highest BCUT2D eigenvalue weighted by molar-refractivity contribution is 5.47. The molecule has 1 aromatic heterocycles. The zero-order valence-electron chi connectivity index (χ0n) is 18.5. The molecule has 1 aliphatic carbocycles. The quantitative estimate of drug-likeness (QED) is 0.661. The fourth-order valence-corrected chi connectivity index (χ4v) is 6.18. The Morgan fingerprint density at radius 1 is 0.844 bits per heavy atom. The summed E-state index contributed by atoms with van der Waals surface area (Å²) in [4.78, 5) is 14.5. The Kier molecular flexibility index (Phi) is 4.87. The molecule has 0 saturated carbocycles. The number of fused-ring (bicyclic) bond motifs is 1. The minimum atomic E-state index is 0.152. The van der Waals surface area contributed by atoms with Crippen molar-refractivity contribution in [1.82, 2.24) is 9.97 Å². The van der Waals surface area contributed by atoms with Crippen LogP contribution in [0.25, 0.3) is 0 Å². The topological polar surface area (TPSA) is 58.3 Å². The van der Waals surface area contributed by atoms with Crippen molar-refractivity contribution in [3.63, 3.8) is 0 Å². The molecule has 6 rings (SSSR count). The van der Waals surface area contributed by atoms with Gasteiger partial charge in [-0.2, -0.15) is 0 Å². The van der Waals surface area contributed by atoms with Crippen LogP contribution in [0.3, 0.4) is 0 Å². The van der Waals surface area contributed by atoms with Crippen molar-refractivity contribution < 1.29 is 0 Å². The van der Waals surface area contributed by atoms with Crippen LogP contribution in [-0.2, 0) is 6.42 Å². The number of benzene rings is 2. The van der Waals surface area contributed by atoms with Crippen LogP contribution < -0.4 is 15.5 Å². The monoisotopic (exact) mass is 425 g/mol. The van der Waals surface area contributed by atoms with E-state index in [1.54, 1.807) is 0 Å². The van der Waals surface area contributed by atoms with Gasteiger partial charge in [0.15, 0.2) is 0 Å². The number of nitrogens with two attached hydrogens (primary N) is 1. The number of hydrogen-bond acceptors (Lipinski definition) is 5. The third-order valence-corrected chi connectivity index (χ3v) is 8.03. The van der Waals surface area contributed by atoms with Crippen LogP contribution in [0.15, 0.2) is 67.0 Å². The van der Waals surface area contributed by atoms with Gasteiger partial charge >= 0.3 is 0 Å². The molecule has 2 saturated heterocycles. The molecule has 164 valence electrons. The standard InChI is InChI=1S/C27H31N5/c28-26-22-10-5-4-9-21(22)17-27(26)12-15-31(16-13-27)24-18-30-25(19-29-24)32-14-6-11-23(32)20-7-2-1-3-8-20/h1-5,7-10,18-19,23,26H,6,11-17,28H2/t23-,26+/m0/s1. The second-order valence-electron chi connectivity index (χ2n) is 9.70. The summed E-state index contributed by atoms with van der Waals surface area (Å²) in [6.07, 6.45) is 9.63. The first-order valence-electron chi connectivity index (χ1n) is 12.0. The second kappa shape index (κ2) is 7.89. The van der Waals surface area contributed by atoms with Crippen molar-refractivity contribution in [2.45, 2.75) is 44.2 Å². The second-order valence-corrected chi connectivity index (χ2v) is 9.70. The largest absolute Gasteiger partial charge is 0.355 e. The fourth-order valence-electron chi connectivity index (χ4n) is 6.18. The van der Waals surface area contributed by atoms with Crippen molar-refractivity contribution in [3.05, 3.63) is 83.7 Å². The zero-order valence-corrected chi connectivity index (χ0v) is 18.5. The van der Waals surface area contributed by atoms with Crippen LogP contribution in [0.4, 0.5) is 11.6 Å². The molecule has 5 heteroatoms. The van der Waals surface area contributed by atoms with E-state index in [1.165, 1.54) is 29.5 Å². The zero-order chi connectivity index (χ0) is 21.5. The van der Waals surface area contributed by atoms with E-state index in [1.807, 2.05) is 12.4 Å². The van der Waals surface area contributed by atoms with Gasteiger partial charge in [0, 0.05) is 25.7 Å². The molecule has 3 aromatic rings. The molecule has 5 nitrogen and oxygen atoms in total. The number of rotatable bonds is 3. The average molecular weight is 426 g/mol. The third kappa shape index (κ3) is 3.27. The number of anilines is 2. The van der Waals surface area contributed by atoms with Crippen LogP contribution in [0.1, 0.15) is 54.5 Å². The average Bonchev–Trinajstić information content (AvgIpc) is 3.44. The first-order chi connectivity index (χ1) is 15.7. The van der Waals surface area contributed by atoms with Gasteiger partial charge in [0.05, 0.1) is 18.4 Å². The minimum absolute atomic E-state index is 0.152. The van der Waals surface area contributed by atoms with Gasteiger partial charge in [-0.3, -0.25) is 0 Å². The van der Waals surface area contributed by atoms with Crippen molar-refractivity contribution in [2.75, 3.05) is 29.4 Å². The molecular weight excluding hydrogens is 394 g/mol. The Morgan fingerprint density at radius 2 is 1.56 bits per heavy atom. The van der Waals surface area contributed by atoms with Gasteiger partial charge in [-0.15, -0.1) is 0 Å². The molecule has 3 heterocycles. The third-order valence-electron chi connectivity index (χ3n) is 8.03. The Bertz CT molecular complexity index is 1070. The Morgan fingerprint density at radius 3 is 2.31 bits per heavy atom. The lowest BCUT2D eigenvalue weighted by molar-refractivity contribution is 0.187. The van der Waals surface area contributed by atoms with Gasteiger partial charge in [-0.1, -0.05) is 54.6 Å². The maximum atomic E-state index is 6.74. The van der Waals surface area contributed by atoms with Crippen molar-refractivity contribution in [2.24, 2.45) is 11.1 Å². The first kappa shape index (κ1) is 19.7. The smallest absolute Gasteiger partial charge is 0.147 e. The number of piperidine rings is 1. The van der Waals surface area contributed by atoms with E-state index in [0.717, 1.165) is 50.5 Å². The highest BCUT2D eigenvalue weighted by Crippen LogP contribution is 2.50. The maximum Gasteiger partial charge on any atom is 0.147 e. The molecule has 2 fully saturated rings. The summed E-state index contributed by atoms with van der Waals surface area (Å²) in [6, 6.07) is 20.0. The molecule has 0 bridgehead atoms. The number of aromatic nitrogens is 2. The summed E-state index contributed by atoms with van der Waals surface area (Å²) in [6.45, 7) is 3.02. The molecule has 2 N–H and O–H groups in total. The van der Waals surface area contributed by atoms with E-state index >= 15 is 0 Å². The predicted molar refractivity (Wildman–Crippen MR) is 129 cm³/mol. The molecular formula is C27H31N5. The van der Waals surface area contributed by atoms with Crippen LogP contribution in [0.2, 0.25) is 0 Å². The predicted octanol–water partition coefficient (Wildman–Crippen LogP) is 4.66. The van der Waals surface area contributed by atoms with E-state index < -0.39 is 0 Å². The van der Waals surface area contributed by atoms with E-state index in [9.17, 15) is 0 Å². The summed E-state index contributed by atoms with van der Waals surface area (Å²) in [5, 5.41) is 0. The Labute approximate surface area is 190 Å². The van der Waals surface area contributed by atoms with E-state index in [4.69, 9.17) is 15.7 Å². The molecule has 2 aliphatic heterocycles. The molecule has 1 spiro atoms. The van der Waals surface area contributed by atoms with Gasteiger partial charge in [-0.25, -0.2) is 9.97 Å². The summed E-state index contributed by atoms with van der Waals surface area (Å²) < 4.78 is 0. The lowest BCUT2D eigenvalue weighted by atomic mass is 9.73. The molecule has 32 heavy (non-hydrogen) atoms. The molecule has 2 aromatic carbocycles. The number of hydrogen-bond donors (Lipinski definition) is 1. The van der Waals surface area contributed by atoms with Crippen LogP contribution in [-0.4, -0.2) is 29.6 Å². The summed E-state index contributed by atoms with van der Waals surface area (Å²) in [5.74, 6) is 1.98. The molecule has 0 unspecified atom stereocenters. The summed E-state index contributed by atoms with van der Waals surface area (Å²) >= 11 is 0. The van der Waals surface area contributed by atoms with Crippen molar-refractivity contribution in [1.29, 1.82) is 0 Å². The first-order valence-corrected chi connectivity index (χ1v) is 12.0. The summed E-state index contributed by atoms with van der Waals surface area (Å²) in [5.41, 5.74) is 11.1. The van der Waals surface area contributed by atoms with Gasteiger partial charge in [0.2, 0.25) is 0 Å². The lowest BCUT2D eigenvalue weighted by Gasteiger charge is -2.42. The van der Waals surface area contributed by atoms with Crippen LogP contribution in [0.5, 0.6) is 0 Å². The molecule has 0 amide bonds. The highest BCUT2D eigenvalue weighted by atomic mass is 15.3. The van der Waals surface area contributed by atoms with E-state index in [0.29, 0.717) is 6.04 Å². The normalized spacial score (nSPS) is 24.2. The van der Waals surface area contributed by atoms with Crippen LogP contribution >= 0.6 is 0 Å². The van der Waals surface area contributed by atoms with E-state index in [-0.39, 0.29) is 11.5 Å². The Hall–Kier alpha value is -2.92. The van der Waals surface area contributed by atoms with Crippen LogP contribution in [0, 0.1) is 5.41 Å². The van der Waals surface area contributed by atoms with Crippen molar-refractivity contribution in [3.8, 4) is 0 Å². The summed E-state index contributed by atoms with van der Waals surface area (Å²) in [7, 11) is 0. The van der Waals surface area contributed by atoms with Gasteiger partial charge < -0.3 is 15.5 Å². The Balaban J connectivity index is 1.14. The fraction of sp³-hybridized carbons (Fsp3) is 0.407. The minimum Gasteiger partial charge on any atom is -0.355 e. The number of nitrogens with zero attached hydrogens (tertiary/aromatic N) is 4. The molecule has 3 aliphatic rings. The van der Waals surface area contributed by atoms with Gasteiger partial charge in [0.25, 0.3) is 0 Å². The molecule has 2 atom stereocenters. The van der Waals surface area contributed by atoms with Gasteiger partial charge in [0.1, 0.15) is 11.6 Å². The maximum absolute atomic E-state index is 6.74. The molecule has 0 radical (unpaired) electrons. The lowest BCUT2D eigenvalue weighted by Crippen LogP contribution is -2.44. The SMILES string of the molecule is N[C@@H]1c2ccccc2CC12CCN(c1cnc(N3CCC[C@H]3c3ccccc3)cn1)CC2. The van der Waals surface area contributed by atoms with Gasteiger partial charge in [-0.05, 0) is 54.2 Å². The van der Waals surface area contributed by atoms with Crippen molar-refractivity contribution >= 4 is 11.6 Å². The highest BCUT2D eigenvalue weighted by Gasteiger charge is 2.45. The van der Waals surface area contributed by atoms with E-state index in [2.05, 4.69) is 64.4 Å².